The van der Waals surface area contributed by atoms with Crippen molar-refractivity contribution in [3.05, 3.63) is 48.2 Å². The third-order valence-electron chi connectivity index (χ3n) is 2.21. The van der Waals surface area contributed by atoms with Gasteiger partial charge in [-0.3, -0.25) is 4.68 Å². The van der Waals surface area contributed by atoms with E-state index in [9.17, 15) is 8.78 Å². The topological polar surface area (TPSA) is 17.8 Å². The van der Waals surface area contributed by atoms with Crippen LogP contribution < -0.4 is 0 Å². The Morgan fingerprint density at radius 3 is 2.44 bits per heavy atom. The maximum Gasteiger partial charge on any atom is 0.126 e. The molecule has 2 aromatic rings. The summed E-state index contributed by atoms with van der Waals surface area (Å²) in [6.07, 6.45) is 3.34. The lowest BCUT2D eigenvalue weighted by Crippen LogP contribution is -1.89. The molecule has 0 radical (unpaired) electrons. The summed E-state index contributed by atoms with van der Waals surface area (Å²) in [4.78, 5) is 0. The van der Waals surface area contributed by atoms with Crippen LogP contribution >= 0.6 is 0 Å². The highest BCUT2D eigenvalue weighted by Crippen LogP contribution is 2.24. The van der Waals surface area contributed by atoms with Crippen LogP contribution in [0, 0.1) is 11.6 Å². The summed E-state index contributed by atoms with van der Waals surface area (Å²) in [6.45, 7) is 3.63. The fourth-order valence-corrected chi connectivity index (χ4v) is 1.57. The molecule has 82 valence electrons. The molecule has 0 unspecified atom stereocenters. The molecular weight excluding hydrogens is 210 g/mol. The van der Waals surface area contributed by atoms with Gasteiger partial charge in [0.15, 0.2) is 0 Å². The number of halogens is 2. The minimum Gasteiger partial charge on any atom is -0.275 e. The third kappa shape index (κ3) is 1.86. The molecule has 0 aliphatic carbocycles. The minimum absolute atomic E-state index is 0.410. The first-order chi connectivity index (χ1) is 7.60. The Labute approximate surface area is 91.8 Å². The van der Waals surface area contributed by atoms with Gasteiger partial charge < -0.3 is 0 Å². The molecular formula is C12H10F2N2. The monoisotopic (exact) mass is 220 g/mol. The van der Waals surface area contributed by atoms with Gasteiger partial charge in [0, 0.05) is 30.4 Å². The summed E-state index contributed by atoms with van der Waals surface area (Å²) < 4.78 is 27.7. The van der Waals surface area contributed by atoms with E-state index in [2.05, 4.69) is 11.7 Å². The Kier molecular flexibility index (Phi) is 2.56. The highest BCUT2D eigenvalue weighted by molar-refractivity contribution is 5.70. The van der Waals surface area contributed by atoms with E-state index in [1.807, 2.05) is 0 Å². The molecule has 4 heteroatoms. The minimum atomic E-state index is -0.615. The van der Waals surface area contributed by atoms with Crippen LogP contribution in [-0.2, 0) is 7.05 Å². The quantitative estimate of drug-likeness (QED) is 0.760. The number of benzene rings is 1. The summed E-state index contributed by atoms with van der Waals surface area (Å²) in [5, 5.41) is 4.15. The molecule has 0 saturated heterocycles. The Hall–Kier alpha value is -1.97. The lowest BCUT2D eigenvalue weighted by Gasteiger charge is -1.99. The predicted molar refractivity (Wildman–Crippen MR) is 58.7 cm³/mol. The van der Waals surface area contributed by atoms with Gasteiger partial charge in [0.1, 0.15) is 11.6 Å². The molecule has 1 heterocycles. The maximum absolute atomic E-state index is 13.1. The molecule has 2 rings (SSSR count). The number of hydrogen-bond donors (Lipinski definition) is 0. The van der Waals surface area contributed by atoms with Gasteiger partial charge in [-0.05, 0) is 12.1 Å². The van der Waals surface area contributed by atoms with Crippen molar-refractivity contribution in [2.24, 2.45) is 7.05 Å². The fourth-order valence-electron chi connectivity index (χ4n) is 1.57. The van der Waals surface area contributed by atoms with Gasteiger partial charge in [-0.2, -0.15) is 5.10 Å². The van der Waals surface area contributed by atoms with Crippen LogP contribution in [-0.4, -0.2) is 9.78 Å². The van der Waals surface area contributed by atoms with Crippen molar-refractivity contribution in [3.8, 4) is 11.3 Å². The van der Waals surface area contributed by atoms with Crippen molar-refractivity contribution in [1.29, 1.82) is 0 Å². The molecule has 1 aromatic carbocycles. The van der Waals surface area contributed by atoms with E-state index >= 15 is 0 Å². The van der Waals surface area contributed by atoms with Crippen molar-refractivity contribution in [2.45, 2.75) is 0 Å². The highest BCUT2D eigenvalue weighted by atomic mass is 19.1. The number of aromatic nitrogens is 2. The van der Waals surface area contributed by atoms with Crippen LogP contribution in [0.15, 0.2) is 31.0 Å². The Morgan fingerprint density at radius 1 is 1.25 bits per heavy atom. The first kappa shape index (κ1) is 10.5. The van der Waals surface area contributed by atoms with Crippen molar-refractivity contribution >= 4 is 6.08 Å². The van der Waals surface area contributed by atoms with E-state index in [4.69, 9.17) is 0 Å². The zero-order valence-electron chi connectivity index (χ0n) is 8.74. The van der Waals surface area contributed by atoms with Gasteiger partial charge in [0.2, 0.25) is 0 Å². The van der Waals surface area contributed by atoms with E-state index in [0.717, 1.165) is 11.6 Å². The maximum atomic E-state index is 13.1. The normalized spacial score (nSPS) is 10.4. The van der Waals surface area contributed by atoms with Crippen molar-refractivity contribution in [1.82, 2.24) is 9.78 Å². The molecule has 0 atom stereocenters. The van der Waals surface area contributed by atoms with Gasteiger partial charge >= 0.3 is 0 Å². The number of nitrogens with zero attached hydrogens (tertiary/aromatic N) is 2. The zero-order chi connectivity index (χ0) is 11.7. The first-order valence-corrected chi connectivity index (χ1v) is 4.72. The Balaban J connectivity index is 2.61. The van der Waals surface area contributed by atoms with Crippen LogP contribution in [0.1, 0.15) is 5.56 Å². The predicted octanol–water partition coefficient (Wildman–Crippen LogP) is 3.01. The van der Waals surface area contributed by atoms with E-state index in [0.29, 0.717) is 11.3 Å². The second-order valence-corrected chi connectivity index (χ2v) is 3.47. The van der Waals surface area contributed by atoms with Gasteiger partial charge in [-0.25, -0.2) is 8.78 Å². The SMILES string of the molecule is C=Cc1cn(C)nc1-c1cc(F)cc(F)c1. The van der Waals surface area contributed by atoms with Gasteiger partial charge in [-0.15, -0.1) is 0 Å². The van der Waals surface area contributed by atoms with Crippen LogP contribution in [0.2, 0.25) is 0 Å². The molecule has 0 N–H and O–H groups in total. The Morgan fingerprint density at radius 2 is 1.88 bits per heavy atom. The molecule has 0 aliphatic rings. The van der Waals surface area contributed by atoms with Crippen LogP contribution in [0.4, 0.5) is 8.78 Å². The van der Waals surface area contributed by atoms with Crippen molar-refractivity contribution in [2.75, 3.05) is 0 Å². The summed E-state index contributed by atoms with van der Waals surface area (Å²) in [7, 11) is 1.74. The molecule has 16 heavy (non-hydrogen) atoms. The average Bonchev–Trinajstić information content (AvgIpc) is 2.58. The smallest absolute Gasteiger partial charge is 0.126 e. The van der Waals surface area contributed by atoms with E-state index in [-0.39, 0.29) is 0 Å². The first-order valence-electron chi connectivity index (χ1n) is 4.72. The number of hydrogen-bond acceptors (Lipinski definition) is 1. The third-order valence-corrected chi connectivity index (χ3v) is 2.21. The van der Waals surface area contributed by atoms with E-state index in [1.165, 1.54) is 12.1 Å². The van der Waals surface area contributed by atoms with Gasteiger partial charge in [0.05, 0.1) is 5.69 Å². The molecule has 1 aromatic heterocycles. The summed E-state index contributed by atoms with van der Waals surface area (Å²) in [5.41, 5.74) is 1.68. The van der Waals surface area contributed by atoms with Gasteiger partial charge in [0.25, 0.3) is 0 Å². The molecule has 0 bridgehead atoms. The van der Waals surface area contributed by atoms with Crippen LogP contribution in [0.5, 0.6) is 0 Å². The van der Waals surface area contributed by atoms with E-state index in [1.54, 1.807) is 24.0 Å². The second-order valence-electron chi connectivity index (χ2n) is 3.47. The van der Waals surface area contributed by atoms with Crippen molar-refractivity contribution < 1.29 is 8.78 Å². The number of aryl methyl sites for hydroxylation is 1. The van der Waals surface area contributed by atoms with Crippen LogP contribution in [0.3, 0.4) is 0 Å². The molecule has 0 saturated carbocycles. The molecule has 0 fully saturated rings. The zero-order valence-corrected chi connectivity index (χ0v) is 8.74. The summed E-state index contributed by atoms with van der Waals surface area (Å²) in [6, 6.07) is 3.33. The average molecular weight is 220 g/mol. The lowest BCUT2D eigenvalue weighted by atomic mass is 10.1. The summed E-state index contributed by atoms with van der Waals surface area (Å²) >= 11 is 0. The van der Waals surface area contributed by atoms with Crippen LogP contribution in [0.25, 0.3) is 17.3 Å². The number of rotatable bonds is 2. The fraction of sp³-hybridized carbons (Fsp3) is 0.0833. The van der Waals surface area contributed by atoms with E-state index < -0.39 is 11.6 Å². The largest absolute Gasteiger partial charge is 0.275 e. The summed E-state index contributed by atoms with van der Waals surface area (Å²) in [5.74, 6) is -1.23. The highest BCUT2D eigenvalue weighted by Gasteiger charge is 2.10. The molecule has 0 aliphatic heterocycles. The van der Waals surface area contributed by atoms with Crippen molar-refractivity contribution in [3.63, 3.8) is 0 Å². The molecule has 0 spiro atoms. The standard InChI is InChI=1S/C12H10F2N2/c1-3-8-7-16(2)15-12(8)9-4-10(13)6-11(14)5-9/h3-7H,1H2,2H3. The van der Waals surface area contributed by atoms with Gasteiger partial charge in [-0.1, -0.05) is 12.7 Å². The Bertz CT molecular complexity index is 524. The second kappa shape index (κ2) is 3.89. The molecule has 2 nitrogen and oxygen atoms in total. The molecule has 0 amide bonds. The lowest BCUT2D eigenvalue weighted by molar-refractivity contribution is 0.584.